The van der Waals surface area contributed by atoms with Gasteiger partial charge in [-0.05, 0) is 41.0 Å². The van der Waals surface area contributed by atoms with Gasteiger partial charge in [0.05, 0.1) is 14.2 Å². The Morgan fingerprint density at radius 1 is 1.21 bits per heavy atom. The average molecular weight is 275 g/mol. The smallest absolute Gasteiger partial charge is 0.325 e. The molecule has 0 N–H and O–H groups in total. The highest BCUT2D eigenvalue weighted by molar-refractivity contribution is 5.79. The van der Waals surface area contributed by atoms with Crippen LogP contribution in [0.3, 0.4) is 0 Å². The summed E-state index contributed by atoms with van der Waals surface area (Å²) in [6, 6.07) is 0.213. The second kappa shape index (κ2) is 7.22. The Bertz CT molecular complexity index is 289. The van der Waals surface area contributed by atoms with E-state index in [0.717, 1.165) is 6.42 Å². The molecule has 0 bridgehead atoms. The van der Waals surface area contributed by atoms with E-state index in [-0.39, 0.29) is 17.6 Å². The quantitative estimate of drug-likeness (QED) is 0.387. The van der Waals surface area contributed by atoms with Crippen LogP contribution in [0.2, 0.25) is 0 Å². The number of methoxy groups -OCH3 is 1. The van der Waals surface area contributed by atoms with Crippen LogP contribution < -0.4 is 0 Å². The topological polar surface area (TPSA) is 48.0 Å². The van der Waals surface area contributed by atoms with Crippen LogP contribution >= 0.6 is 0 Å². The average Bonchev–Trinajstić information content (AvgIpc) is 2.34. The number of ether oxygens (including phenoxy) is 1. The molecule has 114 valence electrons. The monoisotopic (exact) mass is 275 g/mol. The zero-order valence-corrected chi connectivity index (χ0v) is 13.6. The van der Waals surface area contributed by atoms with Gasteiger partial charge in [0.25, 0.3) is 0 Å². The Balaban J connectivity index is 5.37. The van der Waals surface area contributed by atoms with E-state index in [9.17, 15) is 4.79 Å². The minimum atomic E-state index is -0.731. The van der Waals surface area contributed by atoms with Gasteiger partial charge in [-0.2, -0.15) is 0 Å². The third kappa shape index (κ3) is 4.44. The molecule has 0 aromatic carbocycles. The third-order valence-electron chi connectivity index (χ3n) is 3.50. The van der Waals surface area contributed by atoms with Crippen LogP contribution in [0.1, 0.15) is 48.0 Å². The molecule has 0 aliphatic heterocycles. The van der Waals surface area contributed by atoms with Gasteiger partial charge in [-0.3, -0.25) is 9.69 Å². The molecule has 0 aromatic heterocycles. The molecular weight excluding hydrogens is 246 g/mol. The molecular formula is C14H29NO4. The number of esters is 1. The van der Waals surface area contributed by atoms with E-state index >= 15 is 0 Å². The Kier molecular flexibility index (Phi) is 6.97. The van der Waals surface area contributed by atoms with Crippen molar-refractivity contribution < 1.29 is 19.3 Å². The first-order valence-corrected chi connectivity index (χ1v) is 6.68. The number of hydrogen-bond donors (Lipinski definition) is 0. The molecule has 0 spiro atoms. The maximum Gasteiger partial charge on any atom is 0.325 e. The van der Waals surface area contributed by atoms with Gasteiger partial charge >= 0.3 is 5.97 Å². The van der Waals surface area contributed by atoms with Crippen molar-refractivity contribution >= 4 is 5.97 Å². The standard InChI is InChI=1S/C14H29NO4/c1-9-11(2)15(13(3,4)10-19-18-8)14(5,6)12(16)17-7/h11H,9-10H2,1-8H3. The molecule has 1 atom stereocenters. The maximum atomic E-state index is 12.1. The molecule has 5 heteroatoms. The first-order valence-electron chi connectivity index (χ1n) is 6.68. The van der Waals surface area contributed by atoms with Crippen LogP contribution in [0.25, 0.3) is 0 Å². The van der Waals surface area contributed by atoms with Crippen molar-refractivity contribution in [1.29, 1.82) is 0 Å². The Morgan fingerprint density at radius 2 is 1.74 bits per heavy atom. The summed E-state index contributed by atoms with van der Waals surface area (Å²) in [4.78, 5) is 24.0. The molecule has 0 aliphatic carbocycles. The molecule has 0 rings (SSSR count). The number of hydrogen-bond acceptors (Lipinski definition) is 5. The first kappa shape index (κ1) is 18.4. The molecule has 0 amide bonds. The van der Waals surface area contributed by atoms with Crippen LogP contribution in [-0.4, -0.2) is 48.8 Å². The summed E-state index contributed by atoms with van der Waals surface area (Å²) in [6.45, 7) is 12.4. The predicted molar refractivity (Wildman–Crippen MR) is 74.7 cm³/mol. The lowest BCUT2D eigenvalue weighted by Gasteiger charge is -2.49. The highest BCUT2D eigenvalue weighted by atomic mass is 17.2. The molecule has 0 radical (unpaired) electrons. The second-order valence-corrected chi connectivity index (χ2v) is 5.92. The largest absolute Gasteiger partial charge is 0.468 e. The van der Waals surface area contributed by atoms with E-state index in [2.05, 4.69) is 18.7 Å². The molecule has 0 saturated carbocycles. The molecule has 1 unspecified atom stereocenters. The summed E-state index contributed by atoms with van der Waals surface area (Å²) in [5.41, 5.74) is -1.09. The summed E-state index contributed by atoms with van der Waals surface area (Å²) >= 11 is 0. The highest BCUT2D eigenvalue weighted by Crippen LogP contribution is 2.30. The van der Waals surface area contributed by atoms with Crippen molar-refractivity contribution in [2.45, 2.75) is 65.1 Å². The highest BCUT2D eigenvalue weighted by Gasteiger charge is 2.45. The number of carbonyl (C=O) groups excluding carboxylic acids is 1. The first-order chi connectivity index (χ1) is 8.65. The summed E-state index contributed by atoms with van der Waals surface area (Å²) < 4.78 is 4.94. The lowest BCUT2D eigenvalue weighted by Crippen LogP contribution is -2.64. The van der Waals surface area contributed by atoms with E-state index in [0.29, 0.717) is 6.61 Å². The molecule has 0 saturated heterocycles. The zero-order chi connectivity index (χ0) is 15.3. The minimum absolute atomic E-state index is 0.213. The van der Waals surface area contributed by atoms with Crippen LogP contribution in [0.5, 0.6) is 0 Å². The predicted octanol–water partition coefficient (Wildman–Crippen LogP) is 2.40. The number of carbonyl (C=O) groups is 1. The molecule has 19 heavy (non-hydrogen) atoms. The Hall–Kier alpha value is -0.650. The van der Waals surface area contributed by atoms with Crippen molar-refractivity contribution in [3.05, 3.63) is 0 Å². The van der Waals surface area contributed by atoms with Gasteiger partial charge in [0, 0.05) is 11.6 Å². The van der Waals surface area contributed by atoms with E-state index in [4.69, 9.17) is 14.5 Å². The van der Waals surface area contributed by atoms with Crippen molar-refractivity contribution in [2.75, 3.05) is 20.8 Å². The lowest BCUT2D eigenvalue weighted by molar-refractivity contribution is -0.292. The fourth-order valence-corrected chi connectivity index (χ4v) is 2.71. The maximum absolute atomic E-state index is 12.1. The van der Waals surface area contributed by atoms with E-state index in [1.807, 2.05) is 27.7 Å². The van der Waals surface area contributed by atoms with Crippen molar-refractivity contribution in [2.24, 2.45) is 0 Å². The summed E-state index contributed by atoms with van der Waals surface area (Å²) in [7, 11) is 2.90. The van der Waals surface area contributed by atoms with Gasteiger partial charge in [-0.15, -0.1) is 0 Å². The summed E-state index contributed by atoms with van der Waals surface area (Å²) in [5, 5.41) is 0. The molecule has 0 aliphatic rings. The summed E-state index contributed by atoms with van der Waals surface area (Å²) in [6.07, 6.45) is 0.927. The lowest BCUT2D eigenvalue weighted by atomic mass is 9.90. The van der Waals surface area contributed by atoms with Gasteiger partial charge in [0.15, 0.2) is 0 Å². The zero-order valence-electron chi connectivity index (χ0n) is 13.6. The van der Waals surface area contributed by atoms with Gasteiger partial charge in [0.2, 0.25) is 0 Å². The van der Waals surface area contributed by atoms with E-state index in [1.54, 1.807) is 0 Å². The fraction of sp³-hybridized carbons (Fsp3) is 0.929. The van der Waals surface area contributed by atoms with Crippen LogP contribution in [0.4, 0.5) is 0 Å². The SMILES string of the molecule is CCC(C)N(C(C)(C)COOC)C(C)(C)C(=O)OC. The molecule has 0 heterocycles. The van der Waals surface area contributed by atoms with Crippen LogP contribution in [0.15, 0.2) is 0 Å². The Morgan fingerprint density at radius 3 is 2.11 bits per heavy atom. The fourth-order valence-electron chi connectivity index (χ4n) is 2.71. The van der Waals surface area contributed by atoms with Crippen molar-refractivity contribution in [1.82, 2.24) is 4.90 Å². The second-order valence-electron chi connectivity index (χ2n) is 5.92. The van der Waals surface area contributed by atoms with E-state index in [1.165, 1.54) is 14.2 Å². The molecule has 0 fully saturated rings. The molecule has 5 nitrogen and oxygen atoms in total. The summed E-state index contributed by atoms with van der Waals surface area (Å²) in [5.74, 6) is -0.252. The minimum Gasteiger partial charge on any atom is -0.468 e. The van der Waals surface area contributed by atoms with Gasteiger partial charge < -0.3 is 4.74 Å². The molecule has 0 aromatic rings. The van der Waals surface area contributed by atoms with E-state index < -0.39 is 5.54 Å². The van der Waals surface area contributed by atoms with Gasteiger partial charge in [-0.25, -0.2) is 9.78 Å². The van der Waals surface area contributed by atoms with Crippen molar-refractivity contribution in [3.8, 4) is 0 Å². The normalized spacial score (nSPS) is 14.6. The number of nitrogens with zero attached hydrogens (tertiary/aromatic N) is 1. The third-order valence-corrected chi connectivity index (χ3v) is 3.50. The Labute approximate surface area is 117 Å². The van der Waals surface area contributed by atoms with Crippen molar-refractivity contribution in [3.63, 3.8) is 0 Å². The van der Waals surface area contributed by atoms with Crippen LogP contribution in [0, 0.1) is 0 Å². The van der Waals surface area contributed by atoms with Gasteiger partial charge in [0.1, 0.15) is 12.1 Å². The van der Waals surface area contributed by atoms with Gasteiger partial charge in [-0.1, -0.05) is 6.92 Å². The number of rotatable bonds is 8. The van der Waals surface area contributed by atoms with Crippen LogP contribution in [-0.2, 0) is 19.3 Å².